The number of rotatable bonds is 5. The monoisotopic (exact) mass is 276 g/mol. The van der Waals surface area contributed by atoms with E-state index in [1.165, 1.54) is 12.8 Å². The van der Waals surface area contributed by atoms with Gasteiger partial charge >= 0.3 is 0 Å². The first-order valence-corrected chi connectivity index (χ1v) is 7.41. The van der Waals surface area contributed by atoms with Gasteiger partial charge in [0.25, 0.3) is 0 Å². The molecule has 0 aliphatic heterocycles. The third-order valence-corrected chi connectivity index (χ3v) is 4.28. The van der Waals surface area contributed by atoms with Crippen LogP contribution in [0.15, 0.2) is 30.3 Å². The molecule has 20 heavy (non-hydrogen) atoms. The van der Waals surface area contributed by atoms with Gasteiger partial charge < -0.3 is 16.2 Å². The van der Waals surface area contributed by atoms with Crippen molar-refractivity contribution in [2.45, 2.75) is 31.7 Å². The second-order valence-corrected chi connectivity index (χ2v) is 5.62. The van der Waals surface area contributed by atoms with Crippen molar-refractivity contribution in [1.82, 2.24) is 5.32 Å². The Kier molecular flexibility index (Phi) is 5.56. The summed E-state index contributed by atoms with van der Waals surface area (Å²) in [6.07, 6.45) is 4.49. The van der Waals surface area contributed by atoms with E-state index in [4.69, 9.17) is 5.73 Å². The zero-order valence-electron chi connectivity index (χ0n) is 11.8. The van der Waals surface area contributed by atoms with Crippen molar-refractivity contribution in [1.29, 1.82) is 0 Å². The van der Waals surface area contributed by atoms with E-state index in [1.54, 1.807) is 0 Å². The van der Waals surface area contributed by atoms with E-state index in [2.05, 4.69) is 5.32 Å². The molecular weight excluding hydrogens is 252 g/mol. The summed E-state index contributed by atoms with van der Waals surface area (Å²) in [7, 11) is 0. The Morgan fingerprint density at radius 3 is 2.55 bits per heavy atom. The van der Waals surface area contributed by atoms with Crippen LogP contribution in [-0.2, 0) is 4.79 Å². The first-order chi connectivity index (χ1) is 9.72. The SMILES string of the molecule is N[C@H](C(=O)NCC1CCCCC1CO)c1ccccc1. The van der Waals surface area contributed by atoms with Gasteiger partial charge in [0, 0.05) is 13.2 Å². The summed E-state index contributed by atoms with van der Waals surface area (Å²) in [6, 6.07) is 8.77. The molecule has 0 bridgehead atoms. The molecule has 110 valence electrons. The number of carbonyl (C=O) groups is 1. The fraction of sp³-hybridized carbons (Fsp3) is 0.562. The molecule has 1 amide bonds. The highest BCUT2D eigenvalue weighted by atomic mass is 16.3. The minimum atomic E-state index is -0.618. The lowest BCUT2D eigenvalue weighted by molar-refractivity contribution is -0.122. The normalized spacial score (nSPS) is 24.1. The Balaban J connectivity index is 1.85. The molecule has 1 aromatic carbocycles. The van der Waals surface area contributed by atoms with Gasteiger partial charge in [0.1, 0.15) is 6.04 Å². The van der Waals surface area contributed by atoms with Crippen LogP contribution in [0.4, 0.5) is 0 Å². The van der Waals surface area contributed by atoms with Crippen LogP contribution in [0.5, 0.6) is 0 Å². The fourth-order valence-electron chi connectivity index (χ4n) is 2.95. The molecule has 4 heteroatoms. The minimum Gasteiger partial charge on any atom is -0.396 e. The standard InChI is InChI=1S/C16H24N2O2/c17-15(12-6-2-1-3-7-12)16(20)18-10-13-8-4-5-9-14(13)11-19/h1-3,6-7,13-15,19H,4-5,8-11,17H2,(H,18,20)/t13?,14?,15-/m0/s1. The Bertz CT molecular complexity index is 422. The molecular formula is C16H24N2O2. The lowest BCUT2D eigenvalue weighted by Gasteiger charge is -2.30. The molecule has 0 spiro atoms. The second-order valence-electron chi connectivity index (χ2n) is 5.62. The number of aliphatic hydroxyl groups is 1. The predicted molar refractivity (Wildman–Crippen MR) is 78.9 cm³/mol. The predicted octanol–water partition coefficient (Wildman–Crippen LogP) is 1.60. The number of nitrogens with two attached hydrogens (primary N) is 1. The summed E-state index contributed by atoms with van der Waals surface area (Å²) in [5.74, 6) is 0.552. The van der Waals surface area contributed by atoms with Crippen molar-refractivity contribution in [2.24, 2.45) is 17.6 Å². The van der Waals surface area contributed by atoms with Gasteiger partial charge in [-0.25, -0.2) is 0 Å². The Hall–Kier alpha value is -1.39. The summed E-state index contributed by atoms with van der Waals surface area (Å²) in [6.45, 7) is 0.829. The van der Waals surface area contributed by atoms with Gasteiger partial charge in [0.2, 0.25) is 5.91 Å². The summed E-state index contributed by atoms with van der Waals surface area (Å²) in [5, 5.41) is 12.3. The van der Waals surface area contributed by atoms with E-state index in [1.807, 2.05) is 30.3 Å². The van der Waals surface area contributed by atoms with Crippen molar-refractivity contribution in [3.63, 3.8) is 0 Å². The summed E-state index contributed by atoms with van der Waals surface area (Å²) in [4.78, 5) is 12.1. The average Bonchev–Trinajstić information content (AvgIpc) is 2.53. The lowest BCUT2D eigenvalue weighted by Crippen LogP contribution is -2.39. The Morgan fingerprint density at radius 2 is 1.90 bits per heavy atom. The van der Waals surface area contributed by atoms with Crippen molar-refractivity contribution >= 4 is 5.91 Å². The topological polar surface area (TPSA) is 75.4 Å². The van der Waals surface area contributed by atoms with E-state index in [-0.39, 0.29) is 12.5 Å². The molecule has 2 rings (SSSR count). The van der Waals surface area contributed by atoms with Gasteiger partial charge in [-0.1, -0.05) is 43.2 Å². The molecule has 4 N–H and O–H groups in total. The van der Waals surface area contributed by atoms with E-state index in [0.717, 1.165) is 18.4 Å². The van der Waals surface area contributed by atoms with Gasteiger partial charge in [-0.3, -0.25) is 4.79 Å². The van der Waals surface area contributed by atoms with Gasteiger partial charge in [-0.2, -0.15) is 0 Å². The van der Waals surface area contributed by atoms with Crippen molar-refractivity contribution in [3.8, 4) is 0 Å². The molecule has 2 unspecified atom stereocenters. The van der Waals surface area contributed by atoms with Gasteiger partial charge in [0.15, 0.2) is 0 Å². The lowest BCUT2D eigenvalue weighted by atomic mass is 9.79. The van der Waals surface area contributed by atoms with Crippen molar-refractivity contribution in [3.05, 3.63) is 35.9 Å². The van der Waals surface area contributed by atoms with Gasteiger partial charge in [0.05, 0.1) is 0 Å². The largest absolute Gasteiger partial charge is 0.396 e. The first kappa shape index (κ1) is 15.0. The molecule has 3 atom stereocenters. The van der Waals surface area contributed by atoms with Crippen LogP contribution in [-0.4, -0.2) is 24.2 Å². The highest BCUT2D eigenvalue weighted by Gasteiger charge is 2.25. The van der Waals surface area contributed by atoms with E-state index < -0.39 is 6.04 Å². The van der Waals surface area contributed by atoms with Crippen molar-refractivity contribution < 1.29 is 9.90 Å². The van der Waals surface area contributed by atoms with Gasteiger partial charge in [-0.05, 0) is 30.2 Å². The molecule has 0 saturated heterocycles. The maximum Gasteiger partial charge on any atom is 0.241 e. The Morgan fingerprint density at radius 1 is 1.25 bits per heavy atom. The summed E-state index contributed by atoms with van der Waals surface area (Å²) < 4.78 is 0. The highest BCUT2D eigenvalue weighted by Crippen LogP contribution is 2.29. The van der Waals surface area contributed by atoms with Crippen LogP contribution in [0.1, 0.15) is 37.3 Å². The number of carbonyl (C=O) groups excluding carboxylic acids is 1. The smallest absolute Gasteiger partial charge is 0.241 e. The number of amides is 1. The molecule has 0 radical (unpaired) electrons. The van der Waals surface area contributed by atoms with Crippen LogP contribution in [0.25, 0.3) is 0 Å². The first-order valence-electron chi connectivity index (χ1n) is 7.41. The molecule has 1 fully saturated rings. The zero-order chi connectivity index (χ0) is 14.4. The number of hydrogen-bond acceptors (Lipinski definition) is 3. The number of nitrogens with one attached hydrogen (secondary N) is 1. The number of hydrogen-bond donors (Lipinski definition) is 3. The maximum absolute atomic E-state index is 12.1. The number of benzene rings is 1. The molecule has 4 nitrogen and oxygen atoms in total. The Labute approximate surface area is 120 Å². The quantitative estimate of drug-likeness (QED) is 0.764. The third-order valence-electron chi connectivity index (χ3n) is 4.28. The maximum atomic E-state index is 12.1. The molecule has 1 saturated carbocycles. The van der Waals surface area contributed by atoms with E-state index in [9.17, 15) is 9.90 Å². The van der Waals surface area contributed by atoms with Crippen LogP contribution in [0, 0.1) is 11.8 Å². The van der Waals surface area contributed by atoms with Crippen LogP contribution >= 0.6 is 0 Å². The summed E-state index contributed by atoms with van der Waals surface area (Å²) in [5.41, 5.74) is 6.79. The second kappa shape index (κ2) is 7.41. The molecule has 1 aromatic rings. The number of aliphatic hydroxyl groups excluding tert-OH is 1. The highest BCUT2D eigenvalue weighted by molar-refractivity contribution is 5.82. The molecule has 0 heterocycles. The fourth-order valence-corrected chi connectivity index (χ4v) is 2.95. The molecule has 0 aromatic heterocycles. The third kappa shape index (κ3) is 3.81. The zero-order valence-corrected chi connectivity index (χ0v) is 11.8. The molecule has 1 aliphatic carbocycles. The average molecular weight is 276 g/mol. The van der Waals surface area contributed by atoms with Crippen LogP contribution < -0.4 is 11.1 Å². The molecule has 1 aliphatic rings. The van der Waals surface area contributed by atoms with Crippen LogP contribution in [0.2, 0.25) is 0 Å². The van der Waals surface area contributed by atoms with Gasteiger partial charge in [-0.15, -0.1) is 0 Å². The van der Waals surface area contributed by atoms with E-state index >= 15 is 0 Å². The summed E-state index contributed by atoms with van der Waals surface area (Å²) >= 11 is 0. The van der Waals surface area contributed by atoms with Crippen molar-refractivity contribution in [2.75, 3.05) is 13.2 Å². The van der Waals surface area contributed by atoms with Crippen LogP contribution in [0.3, 0.4) is 0 Å². The minimum absolute atomic E-state index is 0.140. The van der Waals surface area contributed by atoms with E-state index in [0.29, 0.717) is 18.4 Å².